The molecule has 0 aliphatic carbocycles. The fraction of sp³-hybridized carbons (Fsp3) is 0.200. The lowest BCUT2D eigenvalue weighted by Gasteiger charge is -2.19. The van der Waals surface area contributed by atoms with Crippen LogP contribution in [0.3, 0.4) is 0 Å². The van der Waals surface area contributed by atoms with Crippen molar-refractivity contribution in [3.05, 3.63) is 66.1 Å². The lowest BCUT2D eigenvalue weighted by Crippen LogP contribution is -2.28. The van der Waals surface area contributed by atoms with Crippen LogP contribution in [0.2, 0.25) is 0 Å². The van der Waals surface area contributed by atoms with E-state index in [-0.39, 0.29) is 10.9 Å². The molecule has 1 aliphatic heterocycles. The van der Waals surface area contributed by atoms with Crippen molar-refractivity contribution in [1.29, 1.82) is 0 Å². The second-order valence-electron chi connectivity index (χ2n) is 7.13. The van der Waals surface area contributed by atoms with Gasteiger partial charge in [0, 0.05) is 11.8 Å². The Morgan fingerprint density at radius 2 is 2.03 bits per heavy atom. The highest BCUT2D eigenvalue weighted by Crippen LogP contribution is 2.35. The molecule has 3 aromatic heterocycles. The average molecular weight is 476 g/mol. The van der Waals surface area contributed by atoms with Crippen molar-refractivity contribution >= 4 is 34.3 Å². The molecule has 13 heteroatoms. The Kier molecular flexibility index (Phi) is 5.12. The first-order valence-electron chi connectivity index (χ1n) is 9.63. The van der Waals surface area contributed by atoms with E-state index in [1.54, 1.807) is 12.1 Å². The van der Waals surface area contributed by atoms with Gasteiger partial charge in [-0.3, -0.25) is 4.79 Å². The lowest BCUT2D eigenvalue weighted by molar-refractivity contribution is -0.146. The number of aromatic nitrogens is 3. The number of rotatable bonds is 5. The second-order valence-corrected chi connectivity index (χ2v) is 8.07. The molecule has 33 heavy (non-hydrogen) atoms. The Morgan fingerprint density at radius 3 is 2.73 bits per heavy atom. The number of hydrogen-bond donors (Lipinski definition) is 1. The molecule has 1 aliphatic rings. The molecular formula is C20H15F3N6O3S. The molecule has 0 radical (unpaired) electrons. The number of carbonyl (C=O) groups is 1. The number of furan rings is 2. The topological polar surface area (TPSA) is 116 Å². The van der Waals surface area contributed by atoms with Gasteiger partial charge in [-0.25, -0.2) is 9.69 Å². The molecule has 4 heterocycles. The number of carbonyl (C=O) groups excluding carboxylic acids is 1. The van der Waals surface area contributed by atoms with Crippen LogP contribution < -0.4 is 5.84 Å². The minimum atomic E-state index is -4.75. The Bertz CT molecular complexity index is 1310. The normalized spacial score (nSPS) is 16.5. The van der Waals surface area contributed by atoms with Crippen molar-refractivity contribution in [2.45, 2.75) is 23.8 Å². The highest BCUT2D eigenvalue weighted by molar-refractivity contribution is 7.99. The molecule has 0 spiro atoms. The molecule has 4 aromatic rings. The minimum absolute atomic E-state index is 0.245. The van der Waals surface area contributed by atoms with Crippen LogP contribution in [0.25, 0.3) is 11.0 Å². The molecular weight excluding hydrogens is 461 g/mol. The Hall–Kier alpha value is -3.74. The van der Waals surface area contributed by atoms with Crippen LogP contribution in [0, 0.1) is 0 Å². The zero-order valence-electron chi connectivity index (χ0n) is 16.7. The first kappa shape index (κ1) is 21.1. The fourth-order valence-electron chi connectivity index (χ4n) is 3.48. The fourth-order valence-corrected chi connectivity index (χ4v) is 4.19. The largest absolute Gasteiger partial charge is 0.467 e. The van der Waals surface area contributed by atoms with Gasteiger partial charge in [0.2, 0.25) is 5.16 Å². The third-order valence-corrected chi connectivity index (χ3v) is 5.92. The van der Waals surface area contributed by atoms with Crippen molar-refractivity contribution in [3.63, 3.8) is 0 Å². The van der Waals surface area contributed by atoms with E-state index < -0.39 is 23.9 Å². The van der Waals surface area contributed by atoms with E-state index in [1.165, 1.54) is 11.3 Å². The van der Waals surface area contributed by atoms with Crippen molar-refractivity contribution in [2.24, 2.45) is 5.10 Å². The molecule has 0 saturated carbocycles. The molecule has 2 N–H and O–H groups in total. The van der Waals surface area contributed by atoms with Crippen molar-refractivity contribution in [3.8, 4) is 0 Å². The number of amides is 1. The highest BCUT2D eigenvalue weighted by Gasteiger charge is 2.39. The number of para-hydroxylation sites is 1. The van der Waals surface area contributed by atoms with E-state index in [0.717, 1.165) is 17.1 Å². The number of alkyl halides is 3. The third-order valence-electron chi connectivity index (χ3n) is 4.99. The van der Waals surface area contributed by atoms with Gasteiger partial charge < -0.3 is 14.7 Å². The molecule has 1 amide bonds. The second kappa shape index (κ2) is 7.99. The van der Waals surface area contributed by atoms with Crippen LogP contribution in [0.15, 0.2) is 67.8 Å². The monoisotopic (exact) mass is 476 g/mol. The van der Waals surface area contributed by atoms with E-state index >= 15 is 0 Å². The Balaban J connectivity index is 1.39. The summed E-state index contributed by atoms with van der Waals surface area (Å²) in [5.74, 6) is 4.40. The van der Waals surface area contributed by atoms with Crippen LogP contribution >= 0.6 is 11.8 Å². The maximum atomic E-state index is 13.0. The van der Waals surface area contributed by atoms with Gasteiger partial charge in [-0.2, -0.15) is 18.3 Å². The number of nitrogen functional groups attached to an aromatic ring is 1. The zero-order chi connectivity index (χ0) is 23.2. The summed E-state index contributed by atoms with van der Waals surface area (Å²) in [5.41, 5.74) is 1.24. The quantitative estimate of drug-likeness (QED) is 0.344. The maximum absolute atomic E-state index is 13.0. The average Bonchev–Trinajstić information content (AvgIpc) is 3.56. The zero-order valence-corrected chi connectivity index (χ0v) is 17.5. The predicted octanol–water partition coefficient (Wildman–Crippen LogP) is 3.82. The summed E-state index contributed by atoms with van der Waals surface area (Å²) in [6.07, 6.45) is -2.92. The number of halogens is 3. The van der Waals surface area contributed by atoms with Crippen molar-refractivity contribution in [1.82, 2.24) is 19.9 Å². The van der Waals surface area contributed by atoms with Crippen LogP contribution in [-0.2, 0) is 11.0 Å². The van der Waals surface area contributed by atoms with E-state index in [4.69, 9.17) is 14.7 Å². The Morgan fingerprint density at radius 1 is 1.21 bits per heavy atom. The molecule has 5 rings (SSSR count). The molecule has 9 nitrogen and oxygen atoms in total. The number of hydrazone groups is 1. The van der Waals surface area contributed by atoms with Crippen molar-refractivity contribution < 1.29 is 26.8 Å². The SMILES string of the molecule is Nn1c(SCC(=O)N2N=C(c3cc4ccccc4o3)CC2c2ccco2)nnc1C(F)(F)F. The number of nitrogens with zero attached hydrogens (tertiary/aromatic N) is 5. The van der Waals surface area contributed by atoms with E-state index in [2.05, 4.69) is 15.3 Å². The van der Waals surface area contributed by atoms with Crippen LogP contribution in [0.1, 0.15) is 29.8 Å². The standard InChI is InChI=1S/C20H15F3N6O3S/c21-20(22,23)18-25-26-19(28(18)24)33-10-17(30)29-13(15-6-3-7-31-15)9-12(27-29)16-8-11-4-1-2-5-14(11)32-16/h1-8,13H,9-10,24H2. The number of benzene rings is 1. The van der Waals surface area contributed by atoms with Crippen molar-refractivity contribution in [2.75, 3.05) is 11.6 Å². The van der Waals surface area contributed by atoms with Gasteiger partial charge in [0.05, 0.1) is 12.0 Å². The molecule has 1 atom stereocenters. The first-order valence-corrected chi connectivity index (χ1v) is 10.6. The molecule has 1 aromatic carbocycles. The van der Waals surface area contributed by atoms with Crippen LogP contribution in [-0.4, -0.2) is 37.3 Å². The number of fused-ring (bicyclic) bond motifs is 1. The molecule has 1 unspecified atom stereocenters. The minimum Gasteiger partial charge on any atom is -0.467 e. The van der Waals surface area contributed by atoms with Gasteiger partial charge in [0.25, 0.3) is 11.7 Å². The molecule has 0 saturated heterocycles. The lowest BCUT2D eigenvalue weighted by atomic mass is 10.1. The summed E-state index contributed by atoms with van der Waals surface area (Å²) in [7, 11) is 0. The predicted molar refractivity (Wildman–Crippen MR) is 112 cm³/mol. The summed E-state index contributed by atoms with van der Waals surface area (Å²) in [6, 6.07) is 12.2. The van der Waals surface area contributed by atoms with Crippen LogP contribution in [0.4, 0.5) is 13.2 Å². The summed E-state index contributed by atoms with van der Waals surface area (Å²) in [5, 5.41) is 12.8. The van der Waals surface area contributed by atoms with Gasteiger partial charge in [-0.05, 0) is 24.3 Å². The number of thioether (sulfide) groups is 1. The van der Waals surface area contributed by atoms with E-state index in [1.807, 2.05) is 30.3 Å². The van der Waals surface area contributed by atoms with Gasteiger partial charge in [-0.1, -0.05) is 30.0 Å². The Labute approximate surface area is 188 Å². The summed E-state index contributed by atoms with van der Waals surface area (Å²) < 4.78 is 50.3. The highest BCUT2D eigenvalue weighted by atomic mass is 32.2. The van der Waals surface area contributed by atoms with E-state index in [0.29, 0.717) is 33.9 Å². The molecule has 170 valence electrons. The van der Waals surface area contributed by atoms with Crippen LogP contribution in [0.5, 0.6) is 0 Å². The van der Waals surface area contributed by atoms with Gasteiger partial charge in [0.15, 0.2) is 5.76 Å². The maximum Gasteiger partial charge on any atom is 0.453 e. The van der Waals surface area contributed by atoms with Gasteiger partial charge in [0.1, 0.15) is 23.1 Å². The number of hydrogen-bond acceptors (Lipinski definition) is 8. The van der Waals surface area contributed by atoms with Gasteiger partial charge >= 0.3 is 6.18 Å². The molecule has 0 bridgehead atoms. The summed E-state index contributed by atoms with van der Waals surface area (Å²) >= 11 is 0.729. The first-order chi connectivity index (χ1) is 15.8. The third kappa shape index (κ3) is 3.95. The van der Waals surface area contributed by atoms with E-state index in [9.17, 15) is 18.0 Å². The molecule has 0 fully saturated rings. The summed E-state index contributed by atoms with van der Waals surface area (Å²) in [4.78, 5) is 13.0. The number of nitrogens with two attached hydrogens (primary N) is 1. The summed E-state index contributed by atoms with van der Waals surface area (Å²) in [6.45, 7) is 0. The smallest absolute Gasteiger partial charge is 0.453 e. The van der Waals surface area contributed by atoms with Gasteiger partial charge in [-0.15, -0.1) is 10.2 Å².